The van der Waals surface area contributed by atoms with Crippen molar-refractivity contribution in [2.75, 3.05) is 23.9 Å². The van der Waals surface area contributed by atoms with Crippen LogP contribution in [0.4, 0.5) is 11.4 Å². The molecule has 2 aliphatic heterocycles. The third-order valence-electron chi connectivity index (χ3n) is 13.3. The van der Waals surface area contributed by atoms with Crippen molar-refractivity contribution in [1.82, 2.24) is 20.0 Å². The second-order valence-corrected chi connectivity index (χ2v) is 22.9. The van der Waals surface area contributed by atoms with Gasteiger partial charge in [0.15, 0.2) is 5.60 Å². The van der Waals surface area contributed by atoms with E-state index in [0.29, 0.717) is 30.9 Å². The first kappa shape index (κ1) is 42.4. The summed E-state index contributed by atoms with van der Waals surface area (Å²) in [5.41, 5.74) is 5.57. The lowest BCUT2D eigenvalue weighted by Crippen LogP contribution is -2.51. The van der Waals surface area contributed by atoms with E-state index in [-0.39, 0.29) is 48.3 Å². The van der Waals surface area contributed by atoms with Crippen molar-refractivity contribution in [3.05, 3.63) is 166 Å². The second kappa shape index (κ2) is 17.4. The number of aromatic nitrogens is 4. The maximum absolute atomic E-state index is 15.5. The molecule has 9 rings (SSSR count). The van der Waals surface area contributed by atoms with Gasteiger partial charge in [-0.2, -0.15) is 0 Å². The van der Waals surface area contributed by atoms with Crippen molar-refractivity contribution in [2.24, 2.45) is 5.92 Å². The molecule has 1 unspecified atom stereocenters. The van der Waals surface area contributed by atoms with E-state index in [0.717, 1.165) is 49.1 Å². The van der Waals surface area contributed by atoms with Crippen LogP contribution in [0.5, 0.6) is 5.75 Å². The fourth-order valence-corrected chi connectivity index (χ4v) is 14.6. The molecule has 63 heavy (non-hydrogen) atoms. The molecular weight excluding hydrogens is 873 g/mol. The highest BCUT2D eigenvalue weighted by Crippen LogP contribution is 2.60. The Balaban J connectivity index is 1.01. The van der Waals surface area contributed by atoms with Crippen LogP contribution in [-0.2, 0) is 39.4 Å². The van der Waals surface area contributed by atoms with Gasteiger partial charge in [-0.1, -0.05) is 119 Å². The normalized spacial score (nSPS) is 20.1. The number of nitrogens with zero attached hydrogens (tertiary/aromatic N) is 4. The zero-order chi connectivity index (χ0) is 43.9. The standard InChI is InChI=1S/C50H51BrN6O5Si/c1-32-48(63(3,4)39-20-18-38(61-2)19-21-39)46(23-24-56-30-44(54-55-56)41(31-58)34-12-6-5-7-13-34)62-50(32)42-27-36(51)17-22-45(42)57(49(50)60)29-33-11-10-14-37(25-33)53-47(59)26-35-28-52-43-16-9-8-15-40(35)43/h5-22,25,27-28,30,32,41,46,48,52,58H,23-24,26,29,31H2,1-4H3,(H,53,59)/t32-,41?,46+,48-,50+/m0/s1. The first-order valence-corrected chi connectivity index (χ1v) is 25.3. The number of carbonyl (C=O) groups is 2. The monoisotopic (exact) mass is 922 g/mol. The van der Waals surface area contributed by atoms with Crippen LogP contribution in [0.3, 0.4) is 0 Å². The first-order chi connectivity index (χ1) is 30.5. The number of anilines is 2. The van der Waals surface area contributed by atoms with Crippen molar-refractivity contribution in [3.63, 3.8) is 0 Å². The lowest BCUT2D eigenvalue weighted by molar-refractivity contribution is -0.146. The molecule has 2 aliphatic rings. The number of para-hydroxylation sites is 1. The number of aliphatic hydroxyl groups is 1. The Morgan fingerprint density at radius 1 is 1.00 bits per heavy atom. The molecule has 0 radical (unpaired) electrons. The average Bonchev–Trinajstić information content (AvgIpc) is 4.05. The summed E-state index contributed by atoms with van der Waals surface area (Å²) in [4.78, 5) is 33.9. The molecule has 0 bridgehead atoms. The number of nitrogens with one attached hydrogen (secondary N) is 2. The van der Waals surface area contributed by atoms with Gasteiger partial charge in [-0.05, 0) is 77.2 Å². The van der Waals surface area contributed by atoms with Crippen molar-refractivity contribution >= 4 is 63.3 Å². The number of amides is 2. The van der Waals surface area contributed by atoms with Crippen LogP contribution in [0.2, 0.25) is 18.6 Å². The van der Waals surface area contributed by atoms with Crippen molar-refractivity contribution < 1.29 is 24.2 Å². The molecule has 322 valence electrons. The van der Waals surface area contributed by atoms with Gasteiger partial charge in [0.25, 0.3) is 5.91 Å². The molecule has 13 heteroatoms. The molecule has 2 amide bonds. The summed E-state index contributed by atoms with van der Waals surface area (Å²) in [7, 11) is -0.734. The minimum absolute atomic E-state index is 0.0230. The third kappa shape index (κ3) is 7.92. The molecule has 4 heterocycles. The van der Waals surface area contributed by atoms with Crippen molar-refractivity contribution in [3.8, 4) is 5.75 Å². The van der Waals surface area contributed by atoms with Gasteiger partial charge in [0.2, 0.25) is 5.91 Å². The number of methoxy groups -OCH3 is 1. The Hall–Kier alpha value is -5.86. The number of hydrogen-bond acceptors (Lipinski definition) is 7. The van der Waals surface area contributed by atoms with E-state index in [2.05, 4.69) is 74.8 Å². The van der Waals surface area contributed by atoms with E-state index in [1.54, 1.807) is 7.11 Å². The number of fused-ring (bicyclic) bond motifs is 3. The van der Waals surface area contributed by atoms with Gasteiger partial charge in [-0.15, -0.1) is 5.10 Å². The zero-order valence-electron chi connectivity index (χ0n) is 35.8. The average molecular weight is 924 g/mol. The summed E-state index contributed by atoms with van der Waals surface area (Å²) in [6, 6.07) is 39.9. The summed E-state index contributed by atoms with van der Waals surface area (Å²) in [6.45, 7) is 7.67. The van der Waals surface area contributed by atoms with Gasteiger partial charge in [0.05, 0.1) is 58.2 Å². The number of hydrogen-bond donors (Lipinski definition) is 3. The maximum Gasteiger partial charge on any atom is 0.264 e. The molecule has 0 aliphatic carbocycles. The topological polar surface area (TPSA) is 135 Å². The summed E-state index contributed by atoms with van der Waals surface area (Å²) < 4.78 is 15.6. The number of aryl methyl sites for hydroxylation is 1. The predicted molar refractivity (Wildman–Crippen MR) is 252 cm³/mol. The minimum atomic E-state index is -2.41. The van der Waals surface area contributed by atoms with Crippen molar-refractivity contribution in [1.29, 1.82) is 0 Å². The lowest BCUT2D eigenvalue weighted by atomic mass is 9.82. The Bertz CT molecular complexity index is 2780. The quantitative estimate of drug-likeness (QED) is 0.0930. The number of rotatable bonds is 14. The minimum Gasteiger partial charge on any atom is -0.497 e. The van der Waals surface area contributed by atoms with Crippen LogP contribution in [0.1, 0.15) is 47.2 Å². The van der Waals surface area contributed by atoms with E-state index < -0.39 is 13.7 Å². The first-order valence-electron chi connectivity index (χ1n) is 21.4. The summed E-state index contributed by atoms with van der Waals surface area (Å²) in [6.07, 6.45) is 4.32. The molecule has 1 fully saturated rings. The number of H-pyrrole nitrogens is 1. The van der Waals surface area contributed by atoms with Gasteiger partial charge in [0.1, 0.15) is 5.75 Å². The SMILES string of the molecule is COc1ccc([Si](C)(C)[C@@H]2[C@@H](CCn3cc(C(CO)c4ccccc4)nn3)O[C@]3(C(=O)N(Cc4cccc(NC(=O)Cc5c[nH]c6ccccc56)c4)c4ccc(Br)cc43)[C@H]2C)cc1. The predicted octanol–water partition coefficient (Wildman–Crippen LogP) is 8.69. The number of aliphatic hydroxyl groups excluding tert-OH is 1. The summed E-state index contributed by atoms with van der Waals surface area (Å²) in [5, 5.41) is 24.7. The van der Waals surface area contributed by atoms with Gasteiger partial charge < -0.3 is 29.8 Å². The van der Waals surface area contributed by atoms with E-state index in [1.807, 2.05) is 125 Å². The fourth-order valence-electron chi connectivity index (χ4n) is 10.2. The largest absolute Gasteiger partial charge is 0.497 e. The Morgan fingerprint density at radius 3 is 2.56 bits per heavy atom. The molecule has 5 aromatic carbocycles. The summed E-state index contributed by atoms with van der Waals surface area (Å²) in [5.74, 6) is 0.0862. The van der Waals surface area contributed by atoms with Crippen LogP contribution in [-0.4, -0.2) is 64.8 Å². The molecule has 1 spiro atoms. The number of benzene rings is 5. The van der Waals surface area contributed by atoms with Crippen LogP contribution in [0.15, 0.2) is 138 Å². The van der Waals surface area contributed by atoms with Crippen LogP contribution >= 0.6 is 15.9 Å². The highest BCUT2D eigenvalue weighted by atomic mass is 79.9. The fraction of sp³-hybridized carbons (Fsp3) is 0.280. The van der Waals surface area contributed by atoms with Crippen LogP contribution in [0.25, 0.3) is 10.9 Å². The molecular formula is C50H51BrN6O5Si. The van der Waals surface area contributed by atoms with Crippen molar-refractivity contribution in [2.45, 2.75) is 69.1 Å². The van der Waals surface area contributed by atoms with Gasteiger partial charge in [-0.3, -0.25) is 14.3 Å². The van der Waals surface area contributed by atoms with E-state index >= 15 is 4.79 Å². The molecule has 3 N–H and O–H groups in total. The molecule has 0 saturated carbocycles. The lowest BCUT2D eigenvalue weighted by Gasteiger charge is -2.37. The van der Waals surface area contributed by atoms with E-state index in [4.69, 9.17) is 9.47 Å². The Labute approximate surface area is 376 Å². The molecule has 2 aromatic heterocycles. The third-order valence-corrected chi connectivity index (χ3v) is 18.2. The summed E-state index contributed by atoms with van der Waals surface area (Å²) >= 11 is 3.74. The molecule has 11 nitrogen and oxygen atoms in total. The maximum atomic E-state index is 15.5. The Morgan fingerprint density at radius 2 is 1.78 bits per heavy atom. The zero-order valence-corrected chi connectivity index (χ0v) is 38.4. The van der Waals surface area contributed by atoms with Gasteiger partial charge in [-0.25, -0.2) is 0 Å². The number of aromatic amines is 1. The van der Waals surface area contributed by atoms with Gasteiger partial charge in [0, 0.05) is 51.5 Å². The molecule has 1 saturated heterocycles. The highest BCUT2D eigenvalue weighted by Gasteiger charge is 2.66. The molecule has 5 atom stereocenters. The Kier molecular flexibility index (Phi) is 11.7. The van der Waals surface area contributed by atoms with Crippen LogP contribution in [0, 0.1) is 5.92 Å². The van der Waals surface area contributed by atoms with E-state index in [9.17, 15) is 9.90 Å². The van der Waals surface area contributed by atoms with Crippen LogP contribution < -0.4 is 20.1 Å². The smallest absolute Gasteiger partial charge is 0.264 e. The number of ether oxygens (including phenoxy) is 2. The van der Waals surface area contributed by atoms with Gasteiger partial charge >= 0.3 is 0 Å². The van der Waals surface area contributed by atoms with E-state index in [1.165, 1.54) is 5.19 Å². The number of carbonyl (C=O) groups excluding carboxylic acids is 2. The number of halogens is 1. The second-order valence-electron chi connectivity index (χ2n) is 17.3. The molecule has 7 aromatic rings. The highest BCUT2D eigenvalue weighted by molar-refractivity contribution is 9.10.